The van der Waals surface area contributed by atoms with Gasteiger partial charge in [-0.15, -0.1) is 0 Å². The van der Waals surface area contributed by atoms with Gasteiger partial charge in [-0.3, -0.25) is 4.79 Å². The summed E-state index contributed by atoms with van der Waals surface area (Å²) in [6.45, 7) is 0. The summed E-state index contributed by atoms with van der Waals surface area (Å²) in [6, 6.07) is 18.9. The molecule has 0 fully saturated rings. The molecule has 1 amide bonds. The van der Waals surface area contributed by atoms with E-state index in [9.17, 15) is 4.79 Å². The van der Waals surface area contributed by atoms with Crippen LogP contribution in [0.3, 0.4) is 0 Å². The molecule has 2 N–H and O–H groups in total. The summed E-state index contributed by atoms with van der Waals surface area (Å²) in [5.41, 5.74) is 4.98. The molecule has 3 aromatic rings. The van der Waals surface area contributed by atoms with E-state index in [1.165, 1.54) is 0 Å². The summed E-state index contributed by atoms with van der Waals surface area (Å²) in [7, 11) is 0. The molecule has 0 bridgehead atoms. The molecule has 2 aromatic carbocycles. The molecule has 3 rings (SSSR count). The Morgan fingerprint density at radius 2 is 1.80 bits per heavy atom. The van der Waals surface area contributed by atoms with E-state index in [2.05, 4.69) is 15.5 Å². The Kier molecular flexibility index (Phi) is 3.29. The van der Waals surface area contributed by atoms with Gasteiger partial charge in [-0.1, -0.05) is 36.4 Å². The van der Waals surface area contributed by atoms with E-state index in [0.717, 1.165) is 16.6 Å². The van der Waals surface area contributed by atoms with Gasteiger partial charge in [0.25, 0.3) is 5.91 Å². The van der Waals surface area contributed by atoms with Crippen molar-refractivity contribution >= 4 is 23.0 Å². The third-order valence-electron chi connectivity index (χ3n) is 2.96. The predicted molar refractivity (Wildman–Crippen MR) is 79.8 cm³/mol. The van der Waals surface area contributed by atoms with Crippen molar-refractivity contribution in [3.05, 3.63) is 71.9 Å². The maximum absolute atomic E-state index is 11.8. The predicted octanol–water partition coefficient (Wildman–Crippen LogP) is 2.93. The van der Waals surface area contributed by atoms with Crippen molar-refractivity contribution in [3.63, 3.8) is 0 Å². The molecule has 0 saturated heterocycles. The average Bonchev–Trinajstić information content (AvgIpc) is 2.90. The highest BCUT2D eigenvalue weighted by Crippen LogP contribution is 2.13. The topological polar surface area (TPSA) is 57.2 Å². The molecule has 1 heterocycles. The number of hydrazone groups is 1. The van der Waals surface area contributed by atoms with E-state index in [0.29, 0.717) is 5.56 Å². The average molecular weight is 263 g/mol. The second-order valence-electron chi connectivity index (χ2n) is 4.38. The van der Waals surface area contributed by atoms with Crippen LogP contribution in [-0.2, 0) is 0 Å². The Morgan fingerprint density at radius 1 is 1.05 bits per heavy atom. The highest BCUT2D eigenvalue weighted by Gasteiger charge is 2.02. The van der Waals surface area contributed by atoms with Crippen LogP contribution in [0.1, 0.15) is 16.1 Å². The zero-order chi connectivity index (χ0) is 13.8. The zero-order valence-corrected chi connectivity index (χ0v) is 10.7. The number of carbonyl (C=O) groups is 1. The molecular weight excluding hydrogens is 250 g/mol. The summed E-state index contributed by atoms with van der Waals surface area (Å²) in [6.07, 6.45) is 1.60. The maximum Gasteiger partial charge on any atom is 0.271 e. The molecule has 0 aliphatic rings. The first-order chi connectivity index (χ1) is 9.83. The standard InChI is InChI=1S/C16H13N3O/c20-16(12-6-2-1-3-7-12)19-17-11-14-10-13-8-4-5-9-15(13)18-14/h1-11,18H,(H,19,20)/b17-11+. The third kappa shape index (κ3) is 2.59. The maximum atomic E-state index is 11.8. The van der Waals surface area contributed by atoms with E-state index in [-0.39, 0.29) is 5.91 Å². The van der Waals surface area contributed by atoms with Crippen LogP contribution in [0.25, 0.3) is 10.9 Å². The number of hydrogen-bond acceptors (Lipinski definition) is 2. The van der Waals surface area contributed by atoms with E-state index >= 15 is 0 Å². The van der Waals surface area contributed by atoms with Crippen LogP contribution in [0.5, 0.6) is 0 Å². The number of benzene rings is 2. The number of hydrogen-bond donors (Lipinski definition) is 2. The highest BCUT2D eigenvalue weighted by atomic mass is 16.2. The molecule has 4 heteroatoms. The van der Waals surface area contributed by atoms with Gasteiger partial charge in [0.1, 0.15) is 0 Å². The van der Waals surface area contributed by atoms with Crippen molar-refractivity contribution in [1.82, 2.24) is 10.4 Å². The zero-order valence-electron chi connectivity index (χ0n) is 10.7. The second-order valence-corrected chi connectivity index (χ2v) is 4.38. The summed E-state index contributed by atoms with van der Waals surface area (Å²) in [4.78, 5) is 15.0. The van der Waals surface area contributed by atoms with Crippen LogP contribution in [-0.4, -0.2) is 17.1 Å². The number of amides is 1. The molecule has 0 aliphatic carbocycles. The van der Waals surface area contributed by atoms with E-state index < -0.39 is 0 Å². The van der Waals surface area contributed by atoms with Crippen LogP contribution in [0.4, 0.5) is 0 Å². The normalized spacial score (nSPS) is 11.0. The van der Waals surface area contributed by atoms with Crippen molar-refractivity contribution in [3.8, 4) is 0 Å². The van der Waals surface area contributed by atoms with Gasteiger partial charge < -0.3 is 4.98 Å². The molecule has 0 atom stereocenters. The Balaban J connectivity index is 1.70. The number of carbonyl (C=O) groups excluding carboxylic acids is 1. The van der Waals surface area contributed by atoms with E-state index in [4.69, 9.17) is 0 Å². The van der Waals surface area contributed by atoms with Crippen LogP contribution in [0.15, 0.2) is 65.8 Å². The fourth-order valence-electron chi connectivity index (χ4n) is 1.98. The molecular formula is C16H13N3O. The molecule has 0 unspecified atom stereocenters. The van der Waals surface area contributed by atoms with Gasteiger partial charge in [-0.05, 0) is 24.3 Å². The first kappa shape index (κ1) is 12.2. The van der Waals surface area contributed by atoms with E-state index in [1.54, 1.807) is 18.3 Å². The third-order valence-corrected chi connectivity index (χ3v) is 2.96. The number of fused-ring (bicyclic) bond motifs is 1. The number of H-pyrrole nitrogens is 1. The highest BCUT2D eigenvalue weighted by molar-refractivity contribution is 5.95. The molecule has 4 nitrogen and oxygen atoms in total. The minimum atomic E-state index is -0.224. The Morgan fingerprint density at radius 3 is 2.60 bits per heavy atom. The van der Waals surface area contributed by atoms with Crippen LogP contribution < -0.4 is 5.43 Å². The van der Waals surface area contributed by atoms with Gasteiger partial charge in [0.05, 0.1) is 11.9 Å². The Hall–Kier alpha value is -2.88. The Labute approximate surface area is 116 Å². The Bertz CT molecular complexity index is 727. The minimum Gasteiger partial charge on any atom is -0.354 e. The molecule has 0 radical (unpaired) electrons. The summed E-state index contributed by atoms with van der Waals surface area (Å²) in [5, 5.41) is 5.07. The molecule has 0 saturated carbocycles. The van der Waals surface area contributed by atoms with E-state index in [1.807, 2.05) is 48.5 Å². The van der Waals surface area contributed by atoms with Crippen molar-refractivity contribution in [2.45, 2.75) is 0 Å². The monoisotopic (exact) mass is 263 g/mol. The van der Waals surface area contributed by atoms with Crippen LogP contribution in [0.2, 0.25) is 0 Å². The molecule has 1 aromatic heterocycles. The smallest absolute Gasteiger partial charge is 0.271 e. The number of para-hydroxylation sites is 1. The summed E-state index contributed by atoms with van der Waals surface area (Å²) >= 11 is 0. The van der Waals surface area contributed by atoms with Crippen molar-refractivity contribution in [2.75, 3.05) is 0 Å². The van der Waals surface area contributed by atoms with Crippen molar-refractivity contribution in [1.29, 1.82) is 0 Å². The van der Waals surface area contributed by atoms with Crippen LogP contribution >= 0.6 is 0 Å². The molecule has 0 spiro atoms. The quantitative estimate of drug-likeness (QED) is 0.554. The molecule has 98 valence electrons. The van der Waals surface area contributed by atoms with Gasteiger partial charge >= 0.3 is 0 Å². The SMILES string of the molecule is O=C(N/N=C/c1cc2ccccc2[nH]1)c1ccccc1. The second kappa shape index (κ2) is 5.40. The number of rotatable bonds is 3. The van der Waals surface area contributed by atoms with Gasteiger partial charge in [0.15, 0.2) is 0 Å². The lowest BCUT2D eigenvalue weighted by Gasteiger charge is -1.97. The van der Waals surface area contributed by atoms with Gasteiger partial charge in [-0.25, -0.2) is 5.43 Å². The van der Waals surface area contributed by atoms with Crippen molar-refractivity contribution in [2.24, 2.45) is 5.10 Å². The molecule has 20 heavy (non-hydrogen) atoms. The van der Waals surface area contributed by atoms with Gasteiger partial charge in [-0.2, -0.15) is 5.10 Å². The lowest BCUT2D eigenvalue weighted by Crippen LogP contribution is -2.17. The summed E-state index contributed by atoms with van der Waals surface area (Å²) < 4.78 is 0. The van der Waals surface area contributed by atoms with Gasteiger partial charge in [0.2, 0.25) is 0 Å². The van der Waals surface area contributed by atoms with Gasteiger partial charge in [0, 0.05) is 16.5 Å². The summed E-state index contributed by atoms with van der Waals surface area (Å²) in [5.74, 6) is -0.224. The first-order valence-corrected chi connectivity index (χ1v) is 6.29. The lowest BCUT2D eigenvalue weighted by molar-refractivity contribution is 0.0955. The molecule has 0 aliphatic heterocycles. The lowest BCUT2D eigenvalue weighted by atomic mass is 10.2. The minimum absolute atomic E-state index is 0.224. The fourth-order valence-corrected chi connectivity index (χ4v) is 1.98. The fraction of sp³-hybridized carbons (Fsp3) is 0. The number of nitrogens with zero attached hydrogens (tertiary/aromatic N) is 1. The largest absolute Gasteiger partial charge is 0.354 e. The number of nitrogens with one attached hydrogen (secondary N) is 2. The number of aromatic amines is 1. The number of aromatic nitrogens is 1. The first-order valence-electron chi connectivity index (χ1n) is 6.29. The van der Waals surface area contributed by atoms with Crippen LogP contribution in [0, 0.1) is 0 Å². The van der Waals surface area contributed by atoms with Crippen molar-refractivity contribution < 1.29 is 4.79 Å².